The first-order valence-corrected chi connectivity index (χ1v) is 29.7. The molecule has 2 aliphatic heterocycles. The summed E-state index contributed by atoms with van der Waals surface area (Å²) in [6, 6.07) is 65.8. The Labute approximate surface area is 487 Å². The van der Waals surface area contributed by atoms with Gasteiger partial charge in [0.05, 0.1) is 39.5 Å². The van der Waals surface area contributed by atoms with Crippen LogP contribution in [0.1, 0.15) is 65.9 Å². The summed E-state index contributed by atoms with van der Waals surface area (Å²) >= 11 is 1.04. The molecule has 3 heterocycles. The molecule has 18 heteroatoms. The van der Waals surface area contributed by atoms with Gasteiger partial charge in [0.25, 0.3) is 0 Å². The minimum Gasteiger partial charge on any atom is -0.497 e. The predicted molar refractivity (Wildman–Crippen MR) is 317 cm³/mol. The van der Waals surface area contributed by atoms with Gasteiger partial charge in [-0.2, -0.15) is 4.98 Å². The maximum absolute atomic E-state index is 14.8. The number of carbonyl (C=O) groups excluding carboxylic acids is 2. The van der Waals surface area contributed by atoms with E-state index in [4.69, 9.17) is 37.5 Å². The van der Waals surface area contributed by atoms with Crippen molar-refractivity contribution in [1.82, 2.24) is 14.6 Å². The summed E-state index contributed by atoms with van der Waals surface area (Å²) < 4.78 is 64.3. The third kappa shape index (κ3) is 12.4. The molecule has 0 bridgehead atoms. The van der Waals surface area contributed by atoms with Gasteiger partial charge in [0.15, 0.2) is 23.0 Å². The lowest BCUT2D eigenvalue weighted by Crippen LogP contribution is -2.45. The molecule has 83 heavy (non-hydrogen) atoms. The molecule has 2 fully saturated rings. The van der Waals surface area contributed by atoms with Gasteiger partial charge in [-0.15, -0.1) is 0 Å². The van der Waals surface area contributed by atoms with Gasteiger partial charge in [0, 0.05) is 18.5 Å². The van der Waals surface area contributed by atoms with Crippen molar-refractivity contribution in [3.05, 3.63) is 262 Å². The number of hydrogen-bond acceptors (Lipinski definition) is 15. The second-order valence-electron chi connectivity index (χ2n) is 20.8. The third-order valence-electron chi connectivity index (χ3n) is 14.9. The van der Waals surface area contributed by atoms with Gasteiger partial charge in [-0.1, -0.05) is 188 Å². The molecule has 0 aliphatic carbocycles. The van der Waals surface area contributed by atoms with E-state index in [0.717, 1.165) is 50.7 Å². The van der Waals surface area contributed by atoms with Crippen LogP contribution in [0.2, 0.25) is 0 Å². The van der Waals surface area contributed by atoms with Crippen LogP contribution in [0.15, 0.2) is 217 Å². The molecule has 0 amide bonds. The smallest absolute Gasteiger partial charge is 0.497 e. The highest BCUT2D eigenvalue weighted by Crippen LogP contribution is 2.50. The van der Waals surface area contributed by atoms with Gasteiger partial charge in [-0.25, -0.2) is 19.2 Å². The summed E-state index contributed by atoms with van der Waals surface area (Å²) in [5.74, 6) is 1.66. The summed E-state index contributed by atoms with van der Waals surface area (Å²) in [5, 5.41) is 6.41. The van der Waals surface area contributed by atoms with Crippen molar-refractivity contribution in [2.24, 2.45) is 5.41 Å². The largest absolute Gasteiger partial charge is 0.509 e. The number of anilines is 1. The number of fused-ring (bicyclic) bond motifs is 1. The molecule has 10 rings (SSSR count). The normalized spacial score (nSPS) is 18.5. The Balaban J connectivity index is 0.853. The summed E-state index contributed by atoms with van der Waals surface area (Å²) in [6.45, 7) is 4.83. The van der Waals surface area contributed by atoms with Crippen LogP contribution in [0.5, 0.6) is 11.5 Å². The van der Waals surface area contributed by atoms with Gasteiger partial charge < -0.3 is 33.7 Å². The third-order valence-corrected chi connectivity index (χ3v) is 17.7. The van der Waals surface area contributed by atoms with Crippen LogP contribution >= 0.6 is 19.5 Å². The molecule has 5 atom stereocenters. The second-order valence-corrected chi connectivity index (χ2v) is 23.7. The second kappa shape index (κ2) is 25.3. The maximum atomic E-state index is 14.8. The standard InChI is InChI=1S/C65H65N4O12PS/c1-62(2,45-76-65(50-25-15-8-16-26-50,51-27-17-9-18-28-51)52-29-19-10-20-30-52)59(70)83-42-41-77-82(73,66-43-46-21-11-6-12-22-46)78-44-55-57-63(3,81-61(72)80-57)58(79-55)69-40-39-56(67-60(69)71)68-64(47-23-13-7-14-24-47,48-31-35-53(74-4)36-32-48)49-33-37-54(75-5)38-34-49/h6-40,55,57-58H,41-45H2,1-5H3,(H,66,73)(H,67,68,71)/t55?,57-,58-,63-,82?/m1/s1. The minimum atomic E-state index is -4.23. The van der Waals surface area contributed by atoms with E-state index < -0.39 is 66.8 Å². The number of hydrogen-bond donors (Lipinski definition) is 2. The van der Waals surface area contributed by atoms with Crippen molar-refractivity contribution in [2.75, 3.05) is 45.1 Å². The molecule has 8 aromatic rings. The molecule has 7 aromatic carbocycles. The van der Waals surface area contributed by atoms with Crippen molar-refractivity contribution in [2.45, 2.75) is 62.5 Å². The van der Waals surface area contributed by atoms with Crippen LogP contribution in [0.4, 0.5) is 10.6 Å². The quantitative estimate of drug-likeness (QED) is 0.0238. The molecule has 16 nitrogen and oxygen atoms in total. The number of rotatable bonds is 25. The fraction of sp³-hybridized carbons (Fsp3) is 0.262. The molecular weight excluding hydrogens is 1090 g/mol. The number of ether oxygens (including phenoxy) is 6. The molecular formula is C65H65N4O12PS. The van der Waals surface area contributed by atoms with Crippen LogP contribution in [-0.4, -0.2) is 78.4 Å². The molecule has 1 aromatic heterocycles. The number of methoxy groups -OCH3 is 2. The van der Waals surface area contributed by atoms with Crippen LogP contribution in [-0.2, 0) is 55.0 Å². The fourth-order valence-corrected chi connectivity index (χ4v) is 12.8. The number of aromatic nitrogens is 2. The first-order chi connectivity index (χ1) is 40.2. The zero-order valence-corrected chi connectivity index (χ0v) is 48.3. The Morgan fingerprint density at radius 2 is 1.17 bits per heavy atom. The SMILES string of the molecule is COc1ccc(C(Nc2ccn([C@@H]3OC(COP(=O)(NCc4ccccc4)OCCSC(=O)C(C)(C)COC(c4ccccc4)(c4ccccc4)c4ccccc4)[C@H]4OC(=O)O[C@]43C)c(=O)n2)(c2ccccc2)c2ccc(OC)cc2)cc1. The average Bonchev–Trinajstić information content (AvgIpc) is 4.04. The topological polar surface area (TPSA) is 184 Å². The van der Waals surface area contributed by atoms with Crippen molar-refractivity contribution < 1.29 is 51.6 Å². The Morgan fingerprint density at radius 1 is 0.675 bits per heavy atom. The Hall–Kier alpha value is -7.86. The molecule has 2 unspecified atom stereocenters. The van der Waals surface area contributed by atoms with Gasteiger partial charge in [0.2, 0.25) is 0 Å². The molecule has 2 saturated heterocycles. The van der Waals surface area contributed by atoms with Crippen LogP contribution in [0.3, 0.4) is 0 Å². The van der Waals surface area contributed by atoms with Crippen molar-refractivity contribution in [3.63, 3.8) is 0 Å². The molecule has 2 aliphatic rings. The average molecular weight is 1160 g/mol. The number of thioether (sulfide) groups is 1. The Bertz CT molecular complexity index is 3420. The number of nitrogens with zero attached hydrogens (tertiary/aromatic N) is 2. The fourth-order valence-electron chi connectivity index (χ4n) is 10.6. The monoisotopic (exact) mass is 1160 g/mol. The van der Waals surface area contributed by atoms with Crippen molar-refractivity contribution in [1.29, 1.82) is 0 Å². The summed E-state index contributed by atoms with van der Waals surface area (Å²) in [6.07, 6.45) is -2.98. The van der Waals surface area contributed by atoms with E-state index in [2.05, 4.69) is 15.4 Å². The number of benzene rings is 7. The summed E-state index contributed by atoms with van der Waals surface area (Å²) in [4.78, 5) is 46.2. The van der Waals surface area contributed by atoms with E-state index in [1.165, 1.54) is 10.8 Å². The highest BCUT2D eigenvalue weighted by atomic mass is 32.2. The lowest BCUT2D eigenvalue weighted by molar-refractivity contribution is -0.124. The zero-order valence-electron chi connectivity index (χ0n) is 46.6. The molecule has 0 spiro atoms. The zero-order chi connectivity index (χ0) is 58.1. The lowest BCUT2D eigenvalue weighted by atomic mass is 9.77. The number of nitrogens with one attached hydrogen (secondary N) is 2. The van der Waals surface area contributed by atoms with Crippen molar-refractivity contribution in [3.8, 4) is 11.5 Å². The van der Waals surface area contributed by atoms with E-state index in [9.17, 15) is 18.9 Å². The number of carbonyl (C=O) groups is 2. The van der Waals surface area contributed by atoms with Crippen LogP contribution < -0.4 is 25.6 Å². The Morgan fingerprint density at radius 3 is 1.67 bits per heavy atom. The summed E-state index contributed by atoms with van der Waals surface area (Å²) in [5.41, 5.74) is 0.591. The first kappa shape index (κ1) is 58.3. The summed E-state index contributed by atoms with van der Waals surface area (Å²) in [7, 11) is -1.02. The Kier molecular flexibility index (Phi) is 17.8. The van der Waals surface area contributed by atoms with E-state index >= 15 is 0 Å². The molecule has 2 N–H and O–H groups in total. The van der Waals surface area contributed by atoms with E-state index in [-0.39, 0.29) is 36.4 Å². The highest BCUT2D eigenvalue weighted by molar-refractivity contribution is 8.13. The van der Waals surface area contributed by atoms with E-state index in [0.29, 0.717) is 11.5 Å². The van der Waals surface area contributed by atoms with Gasteiger partial charge >= 0.3 is 19.6 Å². The van der Waals surface area contributed by atoms with Gasteiger partial charge in [0.1, 0.15) is 34.6 Å². The predicted octanol–water partition coefficient (Wildman–Crippen LogP) is 12.1. The molecule has 0 saturated carbocycles. The van der Waals surface area contributed by atoms with E-state index in [1.807, 2.05) is 214 Å². The minimum absolute atomic E-state index is 0.0583. The molecule has 428 valence electrons. The van der Waals surface area contributed by atoms with Gasteiger partial charge in [-0.3, -0.25) is 18.4 Å². The molecule has 0 radical (unpaired) electrons. The van der Waals surface area contributed by atoms with E-state index in [1.54, 1.807) is 27.2 Å². The van der Waals surface area contributed by atoms with Crippen molar-refractivity contribution >= 4 is 36.6 Å². The van der Waals surface area contributed by atoms with Crippen LogP contribution in [0, 0.1) is 5.41 Å². The maximum Gasteiger partial charge on any atom is 0.509 e. The lowest BCUT2D eigenvalue weighted by Gasteiger charge is -2.38. The first-order valence-electron chi connectivity index (χ1n) is 27.1. The van der Waals surface area contributed by atoms with Gasteiger partial charge in [-0.05, 0) is 90.0 Å². The highest BCUT2D eigenvalue weighted by Gasteiger charge is 2.64. The van der Waals surface area contributed by atoms with Crippen LogP contribution in [0.25, 0.3) is 0 Å².